The van der Waals surface area contributed by atoms with Gasteiger partial charge in [0.1, 0.15) is 18.1 Å². The zero-order chi connectivity index (χ0) is 25.4. The molecule has 0 radical (unpaired) electrons. The molecule has 14 heteroatoms. The summed E-state index contributed by atoms with van der Waals surface area (Å²) in [5.41, 5.74) is 21.8. The van der Waals surface area contributed by atoms with Gasteiger partial charge in [0, 0.05) is 5.75 Å². The van der Waals surface area contributed by atoms with Gasteiger partial charge < -0.3 is 44.0 Å². The zero-order valence-corrected chi connectivity index (χ0v) is 19.5. The number of thiol groups is 1. The first kappa shape index (κ1) is 30.6. The number of carbonyl (C=O) groups is 5. The Balaban J connectivity index is 5.15. The lowest BCUT2D eigenvalue weighted by Gasteiger charge is -2.24. The molecule has 12 N–H and O–H groups in total. The molecule has 0 bridgehead atoms. The van der Waals surface area contributed by atoms with E-state index in [0.29, 0.717) is 45.2 Å². The van der Waals surface area contributed by atoms with Gasteiger partial charge in [0.2, 0.25) is 23.6 Å². The van der Waals surface area contributed by atoms with Crippen LogP contribution >= 0.6 is 12.6 Å². The number of amides is 4. The van der Waals surface area contributed by atoms with Crippen LogP contribution in [0.25, 0.3) is 0 Å². The van der Waals surface area contributed by atoms with Crippen molar-refractivity contribution in [1.82, 2.24) is 16.0 Å². The van der Waals surface area contributed by atoms with E-state index in [1.165, 1.54) is 0 Å². The van der Waals surface area contributed by atoms with Gasteiger partial charge in [-0.25, -0.2) is 4.79 Å². The molecule has 4 unspecified atom stereocenters. The summed E-state index contributed by atoms with van der Waals surface area (Å²) in [6.07, 6.45) is 2.28. The highest BCUT2D eigenvalue weighted by atomic mass is 32.1. The second kappa shape index (κ2) is 17.1. The number of primary amides is 1. The Morgan fingerprint density at radius 3 is 1.73 bits per heavy atom. The summed E-state index contributed by atoms with van der Waals surface area (Å²) in [6, 6.07) is -4.68. The van der Waals surface area contributed by atoms with E-state index in [4.69, 9.17) is 22.9 Å². The molecule has 0 aliphatic rings. The Morgan fingerprint density at radius 2 is 1.24 bits per heavy atom. The fourth-order valence-electron chi connectivity index (χ4n) is 2.82. The number of nitrogens with one attached hydrogen (secondary N) is 3. The normalized spacial score (nSPS) is 14.4. The predicted molar refractivity (Wildman–Crippen MR) is 125 cm³/mol. The largest absolute Gasteiger partial charge is 0.480 e. The van der Waals surface area contributed by atoms with Crippen molar-refractivity contribution in [3.05, 3.63) is 0 Å². The number of carbonyl (C=O) groups excluding carboxylic acids is 4. The number of rotatable bonds is 18. The maximum Gasteiger partial charge on any atom is 0.326 e. The first-order chi connectivity index (χ1) is 15.6. The van der Waals surface area contributed by atoms with Crippen molar-refractivity contribution in [2.24, 2.45) is 22.9 Å². The number of carboxylic acid groups (broad SMARTS) is 1. The molecular formula is C19H37N7O6S. The molecule has 0 fully saturated rings. The van der Waals surface area contributed by atoms with E-state index in [2.05, 4.69) is 28.6 Å². The number of aliphatic carboxylic acids is 1. The van der Waals surface area contributed by atoms with E-state index in [0.717, 1.165) is 0 Å². The Bertz CT molecular complexity index is 667. The SMILES string of the molecule is NCCCCC(N)C(=O)NC(CS)C(=O)NC(CC(N)=O)C(=O)NC(CCCCN)C(=O)O. The Hall–Kier alpha value is -2.42. The molecule has 4 amide bonds. The number of nitrogens with two attached hydrogens (primary N) is 4. The van der Waals surface area contributed by atoms with Crippen LogP contribution < -0.4 is 38.9 Å². The molecule has 0 aliphatic carbocycles. The number of unbranched alkanes of at least 4 members (excludes halogenated alkanes) is 2. The monoisotopic (exact) mass is 491 g/mol. The predicted octanol–water partition coefficient (Wildman–Crippen LogP) is -3.08. The summed E-state index contributed by atoms with van der Waals surface area (Å²) in [5.74, 6) is -4.56. The van der Waals surface area contributed by atoms with Crippen LogP contribution in [0.15, 0.2) is 0 Å². The molecule has 0 rings (SSSR count). The molecule has 0 saturated heterocycles. The molecule has 0 spiro atoms. The summed E-state index contributed by atoms with van der Waals surface area (Å²) in [6.45, 7) is 0.837. The van der Waals surface area contributed by atoms with Crippen LogP contribution in [-0.2, 0) is 24.0 Å². The van der Waals surface area contributed by atoms with Crippen LogP contribution in [0.2, 0.25) is 0 Å². The van der Waals surface area contributed by atoms with Crippen molar-refractivity contribution < 1.29 is 29.1 Å². The topological polar surface area (TPSA) is 246 Å². The standard InChI is InChI=1S/C19H37N7O6S/c20-7-3-1-5-11(22)16(28)26-14(10-33)18(30)25-13(9-15(23)27)17(29)24-12(19(31)32)6-2-4-8-21/h11-14,33H,1-10,20-22H2,(H2,23,27)(H,24,29)(H,25,30)(H,26,28)(H,31,32). The molecule has 33 heavy (non-hydrogen) atoms. The first-order valence-corrected chi connectivity index (χ1v) is 11.4. The van der Waals surface area contributed by atoms with Crippen molar-refractivity contribution in [2.75, 3.05) is 18.8 Å². The molecular weight excluding hydrogens is 454 g/mol. The summed E-state index contributed by atoms with van der Waals surface area (Å²) < 4.78 is 0. The third-order valence-electron chi connectivity index (χ3n) is 4.72. The highest BCUT2D eigenvalue weighted by Gasteiger charge is 2.30. The molecule has 13 nitrogen and oxygen atoms in total. The summed E-state index contributed by atoms with van der Waals surface area (Å²) >= 11 is 4.04. The van der Waals surface area contributed by atoms with Crippen LogP contribution in [0, 0.1) is 0 Å². The lowest BCUT2D eigenvalue weighted by molar-refractivity contribution is -0.142. The van der Waals surface area contributed by atoms with E-state index < -0.39 is 60.2 Å². The molecule has 0 aliphatic heterocycles. The summed E-state index contributed by atoms with van der Waals surface area (Å²) in [4.78, 5) is 60.3. The van der Waals surface area contributed by atoms with Crippen molar-refractivity contribution in [1.29, 1.82) is 0 Å². The molecule has 4 atom stereocenters. The van der Waals surface area contributed by atoms with E-state index in [9.17, 15) is 29.1 Å². The number of hydrogen-bond acceptors (Lipinski definition) is 9. The third-order valence-corrected chi connectivity index (χ3v) is 5.09. The van der Waals surface area contributed by atoms with Gasteiger partial charge in [0.25, 0.3) is 0 Å². The van der Waals surface area contributed by atoms with E-state index in [1.54, 1.807) is 0 Å². The maximum atomic E-state index is 12.6. The fourth-order valence-corrected chi connectivity index (χ4v) is 3.07. The van der Waals surface area contributed by atoms with Gasteiger partial charge in [-0.2, -0.15) is 12.6 Å². The van der Waals surface area contributed by atoms with Gasteiger partial charge in [-0.1, -0.05) is 6.42 Å². The zero-order valence-electron chi connectivity index (χ0n) is 18.6. The molecule has 0 aromatic carbocycles. The highest BCUT2D eigenvalue weighted by molar-refractivity contribution is 7.80. The van der Waals surface area contributed by atoms with Gasteiger partial charge in [-0.05, 0) is 45.2 Å². The molecule has 0 aromatic rings. The average Bonchev–Trinajstić information content (AvgIpc) is 2.75. The Labute approximate surface area is 198 Å². The minimum absolute atomic E-state index is 0.116. The lowest BCUT2D eigenvalue weighted by atomic mass is 10.1. The van der Waals surface area contributed by atoms with E-state index in [-0.39, 0.29) is 12.2 Å². The minimum Gasteiger partial charge on any atom is -0.480 e. The molecule has 0 saturated carbocycles. The highest BCUT2D eigenvalue weighted by Crippen LogP contribution is 2.04. The van der Waals surface area contributed by atoms with Crippen molar-refractivity contribution >= 4 is 42.2 Å². The van der Waals surface area contributed by atoms with E-state index in [1.807, 2.05) is 0 Å². The number of hydrogen-bond donors (Lipinski definition) is 9. The van der Waals surface area contributed by atoms with Crippen molar-refractivity contribution in [2.45, 2.75) is 69.1 Å². The van der Waals surface area contributed by atoms with Crippen LogP contribution in [-0.4, -0.2) is 77.7 Å². The van der Waals surface area contributed by atoms with Gasteiger partial charge >= 0.3 is 5.97 Å². The lowest BCUT2D eigenvalue weighted by Crippen LogP contribution is -2.58. The van der Waals surface area contributed by atoms with Gasteiger partial charge in [-0.3, -0.25) is 19.2 Å². The second-order valence-corrected chi connectivity index (χ2v) is 7.92. The van der Waals surface area contributed by atoms with Crippen LogP contribution in [0.3, 0.4) is 0 Å². The molecule has 190 valence electrons. The van der Waals surface area contributed by atoms with Crippen LogP contribution in [0.1, 0.15) is 44.9 Å². The second-order valence-electron chi connectivity index (χ2n) is 7.55. The Kier molecular flexibility index (Phi) is 15.9. The summed E-state index contributed by atoms with van der Waals surface area (Å²) in [7, 11) is 0. The van der Waals surface area contributed by atoms with Gasteiger partial charge in [0.15, 0.2) is 0 Å². The fraction of sp³-hybridized carbons (Fsp3) is 0.737. The maximum absolute atomic E-state index is 12.6. The first-order valence-electron chi connectivity index (χ1n) is 10.8. The Morgan fingerprint density at radius 1 is 0.758 bits per heavy atom. The van der Waals surface area contributed by atoms with Crippen molar-refractivity contribution in [3.8, 4) is 0 Å². The van der Waals surface area contributed by atoms with Gasteiger partial charge in [-0.15, -0.1) is 0 Å². The van der Waals surface area contributed by atoms with Crippen LogP contribution in [0.5, 0.6) is 0 Å². The van der Waals surface area contributed by atoms with Crippen LogP contribution in [0.4, 0.5) is 0 Å². The van der Waals surface area contributed by atoms with Gasteiger partial charge in [0.05, 0.1) is 12.5 Å². The smallest absolute Gasteiger partial charge is 0.326 e. The van der Waals surface area contributed by atoms with E-state index >= 15 is 0 Å². The number of carboxylic acids is 1. The third kappa shape index (κ3) is 13.0. The molecule has 0 heterocycles. The minimum atomic E-state index is -1.44. The van der Waals surface area contributed by atoms with Crippen molar-refractivity contribution in [3.63, 3.8) is 0 Å². The summed E-state index contributed by atoms with van der Waals surface area (Å²) in [5, 5.41) is 16.4. The quantitative estimate of drug-likeness (QED) is 0.0695. The average molecular weight is 492 g/mol. The molecule has 0 aromatic heterocycles.